The molecule has 5 nitrogen and oxygen atoms in total. The van der Waals surface area contributed by atoms with Crippen LogP contribution in [0.2, 0.25) is 0 Å². The first-order valence-corrected chi connectivity index (χ1v) is 8.89. The van der Waals surface area contributed by atoms with E-state index in [-0.39, 0.29) is 12.5 Å². The van der Waals surface area contributed by atoms with Crippen molar-refractivity contribution in [2.24, 2.45) is 10.9 Å². The molecule has 0 aromatic heterocycles. The Morgan fingerprint density at radius 3 is 2.59 bits per heavy atom. The summed E-state index contributed by atoms with van der Waals surface area (Å²) < 4.78 is 0. The van der Waals surface area contributed by atoms with Crippen LogP contribution in [0.15, 0.2) is 4.99 Å². The number of carbonyl (C=O) groups is 1. The molecule has 1 aliphatic rings. The van der Waals surface area contributed by atoms with Gasteiger partial charge in [0.1, 0.15) is 0 Å². The predicted octanol–water partition coefficient (Wildman–Crippen LogP) is 2.43. The molecule has 1 aliphatic carbocycles. The monoisotopic (exact) mass is 310 g/mol. The molecule has 22 heavy (non-hydrogen) atoms. The van der Waals surface area contributed by atoms with Gasteiger partial charge in [-0.05, 0) is 32.1 Å². The molecule has 0 aromatic carbocycles. The number of amides is 1. The zero-order chi connectivity index (χ0) is 16.2. The first-order valence-electron chi connectivity index (χ1n) is 8.89. The Bertz CT molecular complexity index is 338. The average Bonchev–Trinajstić information content (AvgIpc) is 2.55. The van der Waals surface area contributed by atoms with Crippen molar-refractivity contribution in [3.05, 3.63) is 0 Å². The van der Waals surface area contributed by atoms with E-state index in [0.29, 0.717) is 12.0 Å². The van der Waals surface area contributed by atoms with Gasteiger partial charge < -0.3 is 16.0 Å². The number of nitrogens with one attached hydrogen (secondary N) is 3. The molecule has 0 bridgehead atoms. The number of hydrogen-bond acceptors (Lipinski definition) is 2. The lowest BCUT2D eigenvalue weighted by Crippen LogP contribution is -2.46. The minimum absolute atomic E-state index is 0.0136. The topological polar surface area (TPSA) is 65.5 Å². The molecule has 1 amide bonds. The highest BCUT2D eigenvalue weighted by molar-refractivity contribution is 5.86. The first-order chi connectivity index (χ1) is 10.7. The number of carbonyl (C=O) groups excluding carboxylic acids is 1. The summed E-state index contributed by atoms with van der Waals surface area (Å²) >= 11 is 0. The summed E-state index contributed by atoms with van der Waals surface area (Å²) in [5.41, 5.74) is 0. The summed E-state index contributed by atoms with van der Waals surface area (Å²) in [6.45, 7) is 5.23. The van der Waals surface area contributed by atoms with Crippen molar-refractivity contribution >= 4 is 11.9 Å². The second-order valence-corrected chi connectivity index (χ2v) is 6.40. The molecule has 1 saturated carbocycles. The molecule has 1 rings (SSSR count). The van der Waals surface area contributed by atoms with E-state index < -0.39 is 0 Å². The Morgan fingerprint density at radius 1 is 1.23 bits per heavy atom. The standard InChI is InChI=1S/C17H34N4O/c1-4-12-19-16(22)13-20-17(18-3)21-14(2)10-11-15-8-6-5-7-9-15/h14-15H,4-13H2,1-3H3,(H,19,22)(H2,18,20,21). The molecule has 1 unspecified atom stereocenters. The van der Waals surface area contributed by atoms with E-state index in [1.807, 2.05) is 6.92 Å². The van der Waals surface area contributed by atoms with E-state index >= 15 is 0 Å². The van der Waals surface area contributed by atoms with Gasteiger partial charge >= 0.3 is 0 Å². The second-order valence-electron chi connectivity index (χ2n) is 6.40. The maximum absolute atomic E-state index is 11.6. The van der Waals surface area contributed by atoms with Gasteiger partial charge in [-0.15, -0.1) is 0 Å². The van der Waals surface area contributed by atoms with Crippen LogP contribution in [-0.4, -0.2) is 38.0 Å². The van der Waals surface area contributed by atoms with Crippen molar-refractivity contribution in [2.75, 3.05) is 20.1 Å². The van der Waals surface area contributed by atoms with Gasteiger partial charge in [-0.2, -0.15) is 0 Å². The fourth-order valence-electron chi connectivity index (χ4n) is 2.95. The second kappa shape index (κ2) is 11.3. The SMILES string of the molecule is CCCNC(=O)CNC(=NC)NC(C)CCC1CCCCC1. The predicted molar refractivity (Wildman–Crippen MR) is 93.1 cm³/mol. The number of rotatable bonds is 8. The molecule has 0 saturated heterocycles. The van der Waals surface area contributed by atoms with Crippen molar-refractivity contribution < 1.29 is 4.79 Å². The van der Waals surface area contributed by atoms with Gasteiger partial charge in [0, 0.05) is 19.6 Å². The molecule has 0 spiro atoms. The van der Waals surface area contributed by atoms with Gasteiger partial charge in [0.05, 0.1) is 6.54 Å². The van der Waals surface area contributed by atoms with Crippen LogP contribution in [-0.2, 0) is 4.79 Å². The summed E-state index contributed by atoms with van der Waals surface area (Å²) in [6, 6.07) is 0.381. The Hall–Kier alpha value is -1.26. The molecule has 0 radical (unpaired) electrons. The van der Waals surface area contributed by atoms with E-state index in [0.717, 1.165) is 25.3 Å². The quantitative estimate of drug-likeness (QED) is 0.476. The first kappa shape index (κ1) is 18.8. The Labute approximate surface area is 135 Å². The highest BCUT2D eigenvalue weighted by Crippen LogP contribution is 2.27. The van der Waals surface area contributed by atoms with Crippen molar-refractivity contribution in [3.8, 4) is 0 Å². The summed E-state index contributed by atoms with van der Waals surface area (Å²) in [6.07, 6.45) is 10.4. The third-order valence-corrected chi connectivity index (χ3v) is 4.33. The maximum atomic E-state index is 11.6. The zero-order valence-corrected chi connectivity index (χ0v) is 14.6. The van der Waals surface area contributed by atoms with Gasteiger partial charge in [0.2, 0.25) is 5.91 Å². The highest BCUT2D eigenvalue weighted by Gasteiger charge is 2.15. The van der Waals surface area contributed by atoms with Crippen LogP contribution in [0.25, 0.3) is 0 Å². The van der Waals surface area contributed by atoms with E-state index in [2.05, 4.69) is 27.9 Å². The van der Waals surface area contributed by atoms with Crippen LogP contribution in [0.4, 0.5) is 0 Å². The fourth-order valence-corrected chi connectivity index (χ4v) is 2.95. The molecule has 5 heteroatoms. The van der Waals surface area contributed by atoms with Crippen molar-refractivity contribution in [1.82, 2.24) is 16.0 Å². The lowest BCUT2D eigenvalue weighted by molar-refractivity contribution is -0.120. The minimum Gasteiger partial charge on any atom is -0.355 e. The summed E-state index contributed by atoms with van der Waals surface area (Å²) in [4.78, 5) is 15.8. The Kier molecular flexibility index (Phi) is 9.67. The highest BCUT2D eigenvalue weighted by atomic mass is 16.1. The minimum atomic E-state index is 0.0136. The molecule has 0 aliphatic heterocycles. The normalized spacial score (nSPS) is 17.9. The van der Waals surface area contributed by atoms with Crippen molar-refractivity contribution in [3.63, 3.8) is 0 Å². The van der Waals surface area contributed by atoms with Crippen LogP contribution in [0, 0.1) is 5.92 Å². The molecule has 128 valence electrons. The van der Waals surface area contributed by atoms with Crippen LogP contribution in [0.3, 0.4) is 0 Å². The fraction of sp³-hybridized carbons (Fsp3) is 0.882. The van der Waals surface area contributed by atoms with E-state index in [4.69, 9.17) is 0 Å². The lowest BCUT2D eigenvalue weighted by Gasteiger charge is -2.24. The number of aliphatic imine (C=N–C) groups is 1. The van der Waals surface area contributed by atoms with Gasteiger partial charge in [-0.25, -0.2) is 0 Å². The van der Waals surface area contributed by atoms with E-state index in [9.17, 15) is 4.79 Å². The molecular weight excluding hydrogens is 276 g/mol. The van der Waals surface area contributed by atoms with Crippen LogP contribution in [0.5, 0.6) is 0 Å². The number of nitrogens with zero attached hydrogens (tertiary/aromatic N) is 1. The van der Waals surface area contributed by atoms with Crippen LogP contribution in [0.1, 0.15) is 65.2 Å². The van der Waals surface area contributed by atoms with Gasteiger partial charge in [0.15, 0.2) is 5.96 Å². The summed E-state index contributed by atoms with van der Waals surface area (Å²) in [5.74, 6) is 1.63. The van der Waals surface area contributed by atoms with Gasteiger partial charge in [0.25, 0.3) is 0 Å². The Morgan fingerprint density at radius 2 is 1.95 bits per heavy atom. The van der Waals surface area contributed by atoms with E-state index in [1.54, 1.807) is 7.05 Å². The molecule has 0 aromatic rings. The Balaban J connectivity index is 2.19. The number of hydrogen-bond donors (Lipinski definition) is 3. The van der Waals surface area contributed by atoms with Crippen LogP contribution < -0.4 is 16.0 Å². The number of guanidine groups is 1. The lowest BCUT2D eigenvalue weighted by atomic mass is 9.85. The molecule has 1 atom stereocenters. The molecule has 3 N–H and O–H groups in total. The third kappa shape index (κ3) is 8.25. The van der Waals surface area contributed by atoms with Gasteiger partial charge in [-0.1, -0.05) is 39.0 Å². The molecule has 0 heterocycles. The molecular formula is C17H34N4O. The van der Waals surface area contributed by atoms with Crippen LogP contribution >= 0.6 is 0 Å². The third-order valence-electron chi connectivity index (χ3n) is 4.33. The molecule has 1 fully saturated rings. The van der Waals surface area contributed by atoms with Gasteiger partial charge in [-0.3, -0.25) is 9.79 Å². The van der Waals surface area contributed by atoms with Crippen molar-refractivity contribution in [2.45, 2.75) is 71.3 Å². The van der Waals surface area contributed by atoms with E-state index in [1.165, 1.54) is 38.5 Å². The average molecular weight is 310 g/mol. The maximum Gasteiger partial charge on any atom is 0.239 e. The largest absolute Gasteiger partial charge is 0.355 e. The zero-order valence-electron chi connectivity index (χ0n) is 14.6. The summed E-state index contributed by atoms with van der Waals surface area (Å²) in [5, 5.41) is 9.30. The smallest absolute Gasteiger partial charge is 0.239 e. The van der Waals surface area contributed by atoms with Crippen molar-refractivity contribution in [1.29, 1.82) is 0 Å². The summed E-state index contributed by atoms with van der Waals surface area (Å²) in [7, 11) is 1.74.